The number of aromatic hydroxyl groups is 1. The Morgan fingerprint density at radius 3 is 2.53 bits per heavy atom. The van der Waals surface area contributed by atoms with Gasteiger partial charge in [-0.2, -0.15) is 0 Å². The normalized spacial score (nSPS) is 22.0. The molecule has 3 aromatic rings. The number of anilines is 3. The molecule has 2 atom stereocenters. The van der Waals surface area contributed by atoms with Gasteiger partial charge in [0, 0.05) is 61.5 Å². The summed E-state index contributed by atoms with van der Waals surface area (Å²) in [5.74, 6) is 2.22. The number of ether oxygens (including phenoxy) is 1. The molecule has 4 heterocycles. The van der Waals surface area contributed by atoms with Gasteiger partial charge in [-0.05, 0) is 43.2 Å². The molecule has 1 aromatic heterocycles. The van der Waals surface area contributed by atoms with Gasteiger partial charge >= 0.3 is 0 Å². The van der Waals surface area contributed by atoms with Gasteiger partial charge in [0.1, 0.15) is 11.5 Å². The lowest BCUT2D eigenvalue weighted by atomic mass is 10.1. The van der Waals surface area contributed by atoms with Crippen LogP contribution in [0.3, 0.4) is 0 Å². The fourth-order valence-corrected chi connectivity index (χ4v) is 5.39. The van der Waals surface area contributed by atoms with Crippen LogP contribution in [0, 0.1) is 5.92 Å². The van der Waals surface area contributed by atoms with E-state index in [1.54, 1.807) is 12.1 Å². The van der Waals surface area contributed by atoms with Crippen molar-refractivity contribution in [3.8, 4) is 22.8 Å². The molecule has 3 fully saturated rings. The van der Waals surface area contributed by atoms with Crippen LogP contribution in [0.4, 0.5) is 17.2 Å². The smallest absolute Gasteiger partial charge is 0.169 e. The number of phenolic OH excluding ortho intramolecular Hbond substituents is 1. The highest BCUT2D eigenvalue weighted by molar-refractivity contribution is 5.72. The van der Waals surface area contributed by atoms with Crippen molar-refractivity contribution in [2.75, 3.05) is 48.3 Å². The van der Waals surface area contributed by atoms with E-state index in [1.165, 1.54) is 5.69 Å². The highest BCUT2D eigenvalue weighted by Crippen LogP contribution is 2.39. The summed E-state index contributed by atoms with van der Waals surface area (Å²) in [5, 5.41) is 21.7. The van der Waals surface area contributed by atoms with Crippen LogP contribution in [0.25, 0.3) is 11.3 Å². The molecule has 0 spiro atoms. The third-order valence-electron chi connectivity index (χ3n) is 7.23. The maximum absolute atomic E-state index is 9.86. The van der Waals surface area contributed by atoms with Gasteiger partial charge in [-0.1, -0.05) is 18.2 Å². The second-order valence-electron chi connectivity index (χ2n) is 9.58. The predicted octanol–water partition coefficient (Wildman–Crippen LogP) is 2.89. The molecular weight excluding hydrogens is 428 g/mol. The summed E-state index contributed by atoms with van der Waals surface area (Å²) >= 11 is 0. The Hall–Kier alpha value is -3.52. The van der Waals surface area contributed by atoms with E-state index >= 15 is 0 Å². The highest BCUT2D eigenvalue weighted by atomic mass is 16.5. The van der Waals surface area contributed by atoms with Gasteiger partial charge in [0.15, 0.2) is 5.82 Å². The molecule has 3 saturated heterocycles. The molecule has 8 nitrogen and oxygen atoms in total. The number of fused-ring (bicyclic) bond motifs is 2. The van der Waals surface area contributed by atoms with E-state index in [0.29, 0.717) is 29.5 Å². The number of hydrogen-bond donors (Lipinski definition) is 3. The maximum atomic E-state index is 9.86. The third-order valence-corrected chi connectivity index (χ3v) is 7.23. The fraction of sp³-hybridized carbons (Fsp3) is 0.385. The number of rotatable bonds is 6. The van der Waals surface area contributed by atoms with Crippen LogP contribution in [0.15, 0.2) is 54.6 Å². The molecule has 0 saturated carbocycles. The number of nitrogens with two attached hydrogens (primary N) is 1. The molecule has 34 heavy (non-hydrogen) atoms. The van der Waals surface area contributed by atoms with Crippen LogP contribution in [0.5, 0.6) is 11.5 Å². The number of nitrogens with one attached hydrogen (secondary N) is 1. The average Bonchev–Trinajstić information content (AvgIpc) is 3.08. The Morgan fingerprint density at radius 1 is 1.00 bits per heavy atom. The lowest BCUT2D eigenvalue weighted by Gasteiger charge is -2.43. The van der Waals surface area contributed by atoms with E-state index in [0.717, 1.165) is 62.6 Å². The number of phenols is 1. The fourth-order valence-electron chi connectivity index (χ4n) is 5.39. The summed E-state index contributed by atoms with van der Waals surface area (Å²) in [5.41, 5.74) is 9.96. The van der Waals surface area contributed by atoms with Crippen LogP contribution in [0.2, 0.25) is 0 Å². The molecular formula is C26H30N6O2. The Kier molecular flexibility index (Phi) is 5.37. The third kappa shape index (κ3) is 3.98. The molecule has 4 N–H and O–H groups in total. The van der Waals surface area contributed by atoms with Crippen molar-refractivity contribution < 1.29 is 9.84 Å². The summed E-state index contributed by atoms with van der Waals surface area (Å²) < 4.78 is 6.08. The van der Waals surface area contributed by atoms with Crippen molar-refractivity contribution in [2.24, 2.45) is 5.92 Å². The summed E-state index contributed by atoms with van der Waals surface area (Å²) in [6.45, 7) is 4.63. The van der Waals surface area contributed by atoms with E-state index in [9.17, 15) is 5.11 Å². The van der Waals surface area contributed by atoms with Crippen LogP contribution in [0.1, 0.15) is 12.8 Å². The largest absolute Gasteiger partial charge is 0.508 e. The number of piperazine rings is 1. The minimum atomic E-state index is 0.208. The van der Waals surface area contributed by atoms with E-state index in [2.05, 4.69) is 49.6 Å². The molecule has 2 aromatic carbocycles. The van der Waals surface area contributed by atoms with E-state index < -0.39 is 0 Å². The van der Waals surface area contributed by atoms with E-state index in [4.69, 9.17) is 10.5 Å². The summed E-state index contributed by atoms with van der Waals surface area (Å²) in [4.78, 5) is 4.91. The van der Waals surface area contributed by atoms with Gasteiger partial charge in [-0.15, -0.1) is 10.2 Å². The maximum Gasteiger partial charge on any atom is 0.169 e. The molecule has 0 radical (unpaired) electrons. The number of aromatic nitrogens is 2. The topological polar surface area (TPSA) is 99.8 Å². The van der Waals surface area contributed by atoms with Crippen LogP contribution >= 0.6 is 0 Å². The van der Waals surface area contributed by atoms with Gasteiger partial charge in [0.05, 0.1) is 18.0 Å². The molecule has 0 amide bonds. The molecule has 8 heteroatoms. The predicted molar refractivity (Wildman–Crippen MR) is 133 cm³/mol. The minimum Gasteiger partial charge on any atom is -0.508 e. The van der Waals surface area contributed by atoms with Crippen molar-refractivity contribution in [1.82, 2.24) is 15.5 Å². The SMILES string of the molecule is Nc1nnc(-c2cccc(O)c2)cc1N1C[C@H]2CC[C@@H](C1)N2c1cccc(OCC2CNC2)c1. The van der Waals surface area contributed by atoms with Gasteiger partial charge in [-0.3, -0.25) is 0 Å². The molecule has 3 aliphatic rings. The van der Waals surface area contributed by atoms with Crippen molar-refractivity contribution in [1.29, 1.82) is 0 Å². The van der Waals surface area contributed by atoms with Crippen molar-refractivity contribution in [2.45, 2.75) is 24.9 Å². The van der Waals surface area contributed by atoms with Crippen molar-refractivity contribution in [3.63, 3.8) is 0 Å². The van der Waals surface area contributed by atoms with Gasteiger partial charge in [-0.25, -0.2) is 0 Å². The minimum absolute atomic E-state index is 0.208. The van der Waals surface area contributed by atoms with Crippen molar-refractivity contribution in [3.05, 3.63) is 54.6 Å². The summed E-state index contributed by atoms with van der Waals surface area (Å²) in [7, 11) is 0. The highest BCUT2D eigenvalue weighted by Gasteiger charge is 2.40. The van der Waals surface area contributed by atoms with Gasteiger partial charge < -0.3 is 30.7 Å². The second-order valence-corrected chi connectivity index (χ2v) is 9.58. The average molecular weight is 459 g/mol. The first kappa shape index (κ1) is 21.0. The van der Waals surface area contributed by atoms with E-state index in [-0.39, 0.29) is 5.75 Å². The Labute approximate surface area is 199 Å². The molecule has 6 rings (SSSR count). The van der Waals surface area contributed by atoms with Crippen LogP contribution in [-0.2, 0) is 0 Å². The first-order valence-corrected chi connectivity index (χ1v) is 12.0. The zero-order valence-corrected chi connectivity index (χ0v) is 19.1. The van der Waals surface area contributed by atoms with Crippen molar-refractivity contribution >= 4 is 17.2 Å². The summed E-state index contributed by atoms with van der Waals surface area (Å²) in [6.07, 6.45) is 2.30. The molecule has 3 aliphatic heterocycles. The molecule has 0 aliphatic carbocycles. The number of nitrogen functional groups attached to an aromatic ring is 1. The monoisotopic (exact) mass is 458 g/mol. The zero-order valence-electron chi connectivity index (χ0n) is 19.1. The lowest BCUT2D eigenvalue weighted by Crippen LogP contribution is -2.54. The van der Waals surface area contributed by atoms with Gasteiger partial charge in [0.2, 0.25) is 0 Å². The number of nitrogens with zero attached hydrogens (tertiary/aromatic N) is 4. The Balaban J connectivity index is 1.21. The number of hydrogen-bond acceptors (Lipinski definition) is 8. The van der Waals surface area contributed by atoms with Crippen LogP contribution in [-0.4, -0.2) is 60.2 Å². The molecule has 176 valence electrons. The van der Waals surface area contributed by atoms with Gasteiger partial charge in [0.25, 0.3) is 0 Å². The van der Waals surface area contributed by atoms with E-state index in [1.807, 2.05) is 18.2 Å². The first-order valence-electron chi connectivity index (χ1n) is 12.0. The second kappa shape index (κ2) is 8.68. The number of benzene rings is 2. The summed E-state index contributed by atoms with van der Waals surface area (Å²) in [6, 6.07) is 18.4. The zero-order chi connectivity index (χ0) is 23.1. The quantitative estimate of drug-likeness (QED) is 0.519. The standard InChI is InChI=1S/C26H30N6O2/c27-26-25(11-24(29-30-26)18-3-1-5-22(33)9-18)31-14-20-7-8-21(15-31)32(20)19-4-2-6-23(10-19)34-16-17-12-28-13-17/h1-6,9-11,17,20-21,28,33H,7-8,12-16H2,(H2,27,30)/t20-,21+. The molecule has 2 bridgehead atoms. The van der Waals surface area contributed by atoms with Crippen LogP contribution < -0.4 is 25.6 Å². The first-order chi connectivity index (χ1) is 16.6. The Bertz CT molecular complexity index is 1170. The Morgan fingerprint density at radius 2 is 1.79 bits per heavy atom. The molecule has 0 unspecified atom stereocenters. The lowest BCUT2D eigenvalue weighted by molar-refractivity contribution is 0.199.